The van der Waals surface area contributed by atoms with Gasteiger partial charge in [0.05, 0.1) is 11.3 Å². The molecule has 0 spiro atoms. The number of anilines is 1. The molecule has 2 heterocycles. The Balaban J connectivity index is 1.47. The number of carbonyl (C=O) groups is 3. The molecule has 0 bridgehead atoms. The highest BCUT2D eigenvalue weighted by Crippen LogP contribution is 2.32. The van der Waals surface area contributed by atoms with Gasteiger partial charge in [-0.05, 0) is 36.8 Å². The number of rotatable bonds is 4. The van der Waals surface area contributed by atoms with Crippen molar-refractivity contribution in [3.63, 3.8) is 0 Å². The van der Waals surface area contributed by atoms with Gasteiger partial charge in [-0.3, -0.25) is 14.4 Å². The van der Waals surface area contributed by atoms with Crippen LogP contribution in [0.25, 0.3) is 0 Å². The lowest BCUT2D eigenvalue weighted by molar-refractivity contribution is -0.124. The van der Waals surface area contributed by atoms with Crippen LogP contribution in [-0.4, -0.2) is 37.1 Å². The predicted molar refractivity (Wildman–Crippen MR) is 100 cm³/mol. The molecule has 8 heteroatoms. The van der Waals surface area contributed by atoms with E-state index in [4.69, 9.17) is 9.47 Å². The van der Waals surface area contributed by atoms with Gasteiger partial charge in [0, 0.05) is 6.54 Å². The quantitative estimate of drug-likeness (QED) is 0.830. The summed E-state index contributed by atoms with van der Waals surface area (Å²) in [7, 11) is 0. The topological polar surface area (TPSA) is 97.0 Å². The maximum absolute atomic E-state index is 12.7. The van der Waals surface area contributed by atoms with Gasteiger partial charge in [-0.2, -0.15) is 0 Å². The van der Waals surface area contributed by atoms with Crippen LogP contribution in [0.4, 0.5) is 5.69 Å². The second-order valence-corrected chi connectivity index (χ2v) is 6.60. The van der Waals surface area contributed by atoms with Crippen LogP contribution >= 0.6 is 0 Å². The van der Waals surface area contributed by atoms with Crippen LogP contribution in [-0.2, 0) is 16.1 Å². The SMILES string of the molecule is C[C@@H]1NC(=O)c2ccccc2N(CC(=O)NCc2ccc3c(c2)OCO3)C1=O. The van der Waals surface area contributed by atoms with Crippen LogP contribution in [0.15, 0.2) is 42.5 Å². The summed E-state index contributed by atoms with van der Waals surface area (Å²) in [4.78, 5) is 38.8. The van der Waals surface area contributed by atoms with Crippen molar-refractivity contribution >= 4 is 23.4 Å². The number of fused-ring (bicyclic) bond motifs is 2. The number of nitrogens with zero attached hydrogens (tertiary/aromatic N) is 1. The van der Waals surface area contributed by atoms with Crippen LogP contribution in [0.3, 0.4) is 0 Å². The first-order valence-corrected chi connectivity index (χ1v) is 8.89. The lowest BCUT2D eigenvalue weighted by atomic mass is 10.1. The van der Waals surface area contributed by atoms with Crippen molar-refractivity contribution in [2.24, 2.45) is 0 Å². The molecule has 28 heavy (non-hydrogen) atoms. The molecule has 0 aliphatic carbocycles. The summed E-state index contributed by atoms with van der Waals surface area (Å²) in [5.74, 6) is 0.313. The average molecular weight is 381 g/mol. The number of amides is 3. The monoisotopic (exact) mass is 381 g/mol. The van der Waals surface area contributed by atoms with Gasteiger partial charge in [-0.1, -0.05) is 18.2 Å². The molecule has 0 fully saturated rings. The van der Waals surface area contributed by atoms with E-state index in [0.717, 1.165) is 5.56 Å². The third-order valence-electron chi connectivity index (χ3n) is 4.65. The summed E-state index contributed by atoms with van der Waals surface area (Å²) in [6.45, 7) is 1.89. The van der Waals surface area contributed by atoms with E-state index in [1.165, 1.54) is 4.90 Å². The molecule has 2 aliphatic rings. The molecule has 0 saturated heterocycles. The van der Waals surface area contributed by atoms with Gasteiger partial charge in [-0.15, -0.1) is 0 Å². The fourth-order valence-electron chi connectivity index (χ4n) is 3.20. The lowest BCUT2D eigenvalue weighted by Gasteiger charge is -2.23. The van der Waals surface area contributed by atoms with Crippen LogP contribution in [0, 0.1) is 0 Å². The molecule has 8 nitrogen and oxygen atoms in total. The van der Waals surface area contributed by atoms with Gasteiger partial charge < -0.3 is 25.0 Å². The standard InChI is InChI=1S/C20H19N3O5/c1-12-20(26)23(15-5-3-2-4-14(15)19(25)22-12)10-18(24)21-9-13-6-7-16-17(8-13)28-11-27-16/h2-8,12H,9-11H2,1H3,(H,21,24)(H,22,25)/t12-/m0/s1. The highest BCUT2D eigenvalue weighted by Gasteiger charge is 2.32. The van der Waals surface area contributed by atoms with Gasteiger partial charge in [0.2, 0.25) is 18.6 Å². The number of hydrogen-bond acceptors (Lipinski definition) is 5. The number of nitrogens with one attached hydrogen (secondary N) is 2. The first kappa shape index (κ1) is 17.8. The van der Waals surface area contributed by atoms with E-state index in [0.29, 0.717) is 22.7 Å². The summed E-state index contributed by atoms with van der Waals surface area (Å²) in [5.41, 5.74) is 1.64. The van der Waals surface area contributed by atoms with Crippen LogP contribution in [0.2, 0.25) is 0 Å². The summed E-state index contributed by atoms with van der Waals surface area (Å²) < 4.78 is 10.6. The van der Waals surface area contributed by atoms with Crippen molar-refractivity contribution in [2.45, 2.75) is 19.5 Å². The minimum atomic E-state index is -0.721. The third kappa shape index (κ3) is 3.36. The molecule has 2 aliphatic heterocycles. The first-order chi connectivity index (χ1) is 13.5. The Hall–Kier alpha value is -3.55. The molecule has 144 valence electrons. The molecule has 3 amide bonds. The Bertz CT molecular complexity index is 959. The molecule has 2 N–H and O–H groups in total. The summed E-state index contributed by atoms with van der Waals surface area (Å²) in [5, 5.41) is 5.45. The van der Waals surface area contributed by atoms with E-state index in [1.54, 1.807) is 43.3 Å². The molecule has 4 rings (SSSR count). The van der Waals surface area contributed by atoms with Crippen molar-refractivity contribution in [1.82, 2.24) is 10.6 Å². The number of para-hydroxylation sites is 1. The third-order valence-corrected chi connectivity index (χ3v) is 4.65. The fraction of sp³-hybridized carbons (Fsp3) is 0.250. The zero-order valence-corrected chi connectivity index (χ0v) is 15.2. The molecule has 0 saturated carbocycles. The van der Waals surface area contributed by atoms with E-state index in [1.807, 2.05) is 6.07 Å². The van der Waals surface area contributed by atoms with Crippen LogP contribution in [0.5, 0.6) is 11.5 Å². The highest BCUT2D eigenvalue weighted by atomic mass is 16.7. The zero-order chi connectivity index (χ0) is 19.7. The molecule has 0 unspecified atom stereocenters. The lowest BCUT2D eigenvalue weighted by Crippen LogP contribution is -2.47. The van der Waals surface area contributed by atoms with Gasteiger partial charge in [0.25, 0.3) is 5.91 Å². The van der Waals surface area contributed by atoms with E-state index < -0.39 is 6.04 Å². The first-order valence-electron chi connectivity index (χ1n) is 8.89. The highest BCUT2D eigenvalue weighted by molar-refractivity contribution is 6.12. The average Bonchev–Trinajstić information content (AvgIpc) is 3.14. The van der Waals surface area contributed by atoms with Crippen molar-refractivity contribution in [3.05, 3.63) is 53.6 Å². The molecule has 2 aromatic carbocycles. The maximum atomic E-state index is 12.7. The minimum absolute atomic E-state index is 0.181. The van der Waals surface area contributed by atoms with Crippen molar-refractivity contribution < 1.29 is 23.9 Å². The summed E-state index contributed by atoms with van der Waals surface area (Å²) >= 11 is 0. The normalized spacial score (nSPS) is 17.6. The van der Waals surface area contributed by atoms with E-state index >= 15 is 0 Å². The number of carbonyl (C=O) groups excluding carboxylic acids is 3. The summed E-state index contributed by atoms with van der Waals surface area (Å²) in [6, 6.07) is 11.5. The van der Waals surface area contributed by atoms with Crippen LogP contribution < -0.4 is 25.0 Å². The largest absolute Gasteiger partial charge is 0.454 e. The van der Waals surface area contributed by atoms with Crippen molar-refractivity contribution in [1.29, 1.82) is 0 Å². The van der Waals surface area contributed by atoms with Gasteiger partial charge in [0.1, 0.15) is 12.6 Å². The van der Waals surface area contributed by atoms with Crippen molar-refractivity contribution in [3.8, 4) is 11.5 Å². The Morgan fingerprint density at radius 1 is 1.18 bits per heavy atom. The maximum Gasteiger partial charge on any atom is 0.254 e. The second-order valence-electron chi connectivity index (χ2n) is 6.60. The molecular formula is C20H19N3O5. The van der Waals surface area contributed by atoms with E-state index in [-0.39, 0.29) is 37.6 Å². The number of ether oxygens (including phenoxy) is 2. The number of hydrogen-bond donors (Lipinski definition) is 2. The van der Waals surface area contributed by atoms with Gasteiger partial charge in [-0.25, -0.2) is 0 Å². The Morgan fingerprint density at radius 2 is 1.96 bits per heavy atom. The Morgan fingerprint density at radius 3 is 2.82 bits per heavy atom. The Kier molecular flexibility index (Phi) is 4.60. The summed E-state index contributed by atoms with van der Waals surface area (Å²) in [6.07, 6.45) is 0. The number of benzene rings is 2. The van der Waals surface area contributed by atoms with Crippen molar-refractivity contribution in [2.75, 3.05) is 18.2 Å². The smallest absolute Gasteiger partial charge is 0.254 e. The fourth-order valence-corrected chi connectivity index (χ4v) is 3.20. The molecular weight excluding hydrogens is 362 g/mol. The van der Waals surface area contributed by atoms with E-state index in [2.05, 4.69) is 10.6 Å². The van der Waals surface area contributed by atoms with E-state index in [9.17, 15) is 14.4 Å². The second kappa shape index (κ2) is 7.22. The molecule has 1 atom stereocenters. The molecule has 0 radical (unpaired) electrons. The Labute approximate surface area is 161 Å². The minimum Gasteiger partial charge on any atom is -0.454 e. The predicted octanol–water partition coefficient (Wildman–Crippen LogP) is 1.20. The van der Waals surface area contributed by atoms with Crippen LogP contribution in [0.1, 0.15) is 22.8 Å². The zero-order valence-electron chi connectivity index (χ0n) is 15.2. The molecule has 2 aromatic rings. The van der Waals surface area contributed by atoms with Gasteiger partial charge >= 0.3 is 0 Å². The van der Waals surface area contributed by atoms with Gasteiger partial charge in [0.15, 0.2) is 11.5 Å². The molecule has 0 aromatic heterocycles.